The number of amidine groups is 1. The van der Waals surface area contributed by atoms with Gasteiger partial charge < -0.3 is 10.6 Å². The van der Waals surface area contributed by atoms with E-state index in [2.05, 4.69) is 0 Å². The summed E-state index contributed by atoms with van der Waals surface area (Å²) in [5.41, 5.74) is 7.29. The number of amides is 1. The Bertz CT molecular complexity index is 425. The molecule has 90 valence electrons. The molecule has 4 nitrogen and oxygen atoms in total. The smallest absolute Gasteiger partial charge is 0.217 e. The topological polar surface area (TPSA) is 70.2 Å². The van der Waals surface area contributed by atoms with E-state index in [0.29, 0.717) is 18.7 Å². The number of carbonyl (C=O) groups is 1. The Morgan fingerprint density at radius 1 is 1.35 bits per heavy atom. The van der Waals surface area contributed by atoms with Crippen molar-refractivity contribution in [2.75, 3.05) is 11.4 Å². The van der Waals surface area contributed by atoms with Crippen molar-refractivity contribution >= 4 is 17.4 Å². The number of aryl methyl sites for hydroxylation is 1. The first-order valence-corrected chi connectivity index (χ1v) is 5.89. The number of rotatable bonds is 4. The van der Waals surface area contributed by atoms with E-state index in [1.54, 1.807) is 0 Å². The van der Waals surface area contributed by atoms with Crippen molar-refractivity contribution in [2.45, 2.75) is 25.7 Å². The highest BCUT2D eigenvalue weighted by molar-refractivity contribution is 5.97. The van der Waals surface area contributed by atoms with Crippen LogP contribution >= 0.6 is 0 Å². The number of benzene rings is 1. The molecule has 0 unspecified atom stereocenters. The number of nitrogens with two attached hydrogens (primary N) is 1. The van der Waals surface area contributed by atoms with Gasteiger partial charge in [-0.1, -0.05) is 12.1 Å². The fraction of sp³-hybridized carbons (Fsp3) is 0.385. The summed E-state index contributed by atoms with van der Waals surface area (Å²) in [5.74, 6) is 0.422. The third kappa shape index (κ3) is 2.84. The lowest BCUT2D eigenvalue weighted by Gasteiger charge is -2.18. The minimum atomic E-state index is -0.268. The number of primary amides is 1. The van der Waals surface area contributed by atoms with Crippen LogP contribution in [-0.4, -0.2) is 18.3 Å². The lowest BCUT2D eigenvalue weighted by atomic mass is 10.1. The molecule has 1 aliphatic rings. The van der Waals surface area contributed by atoms with Gasteiger partial charge in [0.25, 0.3) is 0 Å². The van der Waals surface area contributed by atoms with E-state index < -0.39 is 0 Å². The van der Waals surface area contributed by atoms with Gasteiger partial charge in [-0.25, -0.2) is 0 Å². The Hall–Kier alpha value is -1.84. The first kappa shape index (κ1) is 11.6. The first-order valence-electron chi connectivity index (χ1n) is 5.89. The molecule has 17 heavy (non-hydrogen) atoms. The molecule has 0 radical (unpaired) electrons. The Morgan fingerprint density at radius 3 is 2.59 bits per heavy atom. The average molecular weight is 231 g/mol. The molecule has 0 bridgehead atoms. The second-order valence-corrected chi connectivity index (χ2v) is 4.33. The molecule has 1 amide bonds. The van der Waals surface area contributed by atoms with Crippen LogP contribution in [0.1, 0.15) is 24.8 Å². The molecule has 0 atom stereocenters. The van der Waals surface area contributed by atoms with E-state index in [9.17, 15) is 4.79 Å². The van der Waals surface area contributed by atoms with Crippen molar-refractivity contribution in [3.05, 3.63) is 29.8 Å². The fourth-order valence-corrected chi connectivity index (χ4v) is 2.07. The quantitative estimate of drug-likeness (QED) is 0.827. The SMILES string of the molecule is N=C1CCCN1c1ccc(CCC(N)=O)cc1. The lowest BCUT2D eigenvalue weighted by molar-refractivity contribution is -0.117. The fourth-order valence-electron chi connectivity index (χ4n) is 2.07. The third-order valence-electron chi connectivity index (χ3n) is 3.03. The van der Waals surface area contributed by atoms with Crippen molar-refractivity contribution in [1.82, 2.24) is 0 Å². The van der Waals surface area contributed by atoms with Crippen LogP contribution in [0.25, 0.3) is 0 Å². The van der Waals surface area contributed by atoms with Crippen LogP contribution in [-0.2, 0) is 11.2 Å². The van der Waals surface area contributed by atoms with Crippen LogP contribution in [0.3, 0.4) is 0 Å². The Morgan fingerprint density at radius 2 is 2.06 bits per heavy atom. The molecular weight excluding hydrogens is 214 g/mol. The summed E-state index contributed by atoms with van der Waals surface area (Å²) in [4.78, 5) is 12.7. The van der Waals surface area contributed by atoms with Crippen molar-refractivity contribution in [1.29, 1.82) is 5.41 Å². The van der Waals surface area contributed by atoms with E-state index in [1.165, 1.54) is 0 Å². The standard InChI is InChI=1S/C13H17N3O/c14-12-2-1-9-16(12)11-6-3-10(4-7-11)5-8-13(15)17/h3-4,6-7,14H,1-2,5,8-9H2,(H2,15,17). The van der Waals surface area contributed by atoms with Gasteiger partial charge in [0.1, 0.15) is 5.84 Å². The maximum absolute atomic E-state index is 10.7. The molecule has 1 aromatic carbocycles. The number of nitrogens with one attached hydrogen (secondary N) is 1. The monoisotopic (exact) mass is 231 g/mol. The molecule has 1 aliphatic heterocycles. The molecule has 2 rings (SSSR count). The van der Waals surface area contributed by atoms with Gasteiger partial charge in [-0.05, 0) is 30.5 Å². The third-order valence-corrected chi connectivity index (χ3v) is 3.03. The zero-order valence-corrected chi connectivity index (χ0v) is 9.78. The van der Waals surface area contributed by atoms with Gasteiger partial charge in [-0.3, -0.25) is 10.2 Å². The molecule has 0 spiro atoms. The summed E-state index contributed by atoms with van der Waals surface area (Å²) in [6, 6.07) is 8.03. The number of nitrogens with zero attached hydrogens (tertiary/aromatic N) is 1. The first-order chi connectivity index (χ1) is 8.16. The van der Waals surface area contributed by atoms with Gasteiger partial charge in [-0.15, -0.1) is 0 Å². The Balaban J connectivity index is 2.02. The number of anilines is 1. The molecule has 0 aromatic heterocycles. The van der Waals surface area contributed by atoms with Crippen LogP contribution < -0.4 is 10.6 Å². The Labute approximate surface area is 101 Å². The number of hydrogen-bond donors (Lipinski definition) is 2. The summed E-state index contributed by atoms with van der Waals surface area (Å²) in [7, 11) is 0. The lowest BCUT2D eigenvalue weighted by Crippen LogP contribution is -2.22. The number of carbonyl (C=O) groups excluding carboxylic acids is 1. The summed E-state index contributed by atoms with van der Waals surface area (Å²) in [6.45, 7) is 0.930. The van der Waals surface area contributed by atoms with E-state index in [4.69, 9.17) is 11.1 Å². The van der Waals surface area contributed by atoms with Crippen molar-refractivity contribution in [3.63, 3.8) is 0 Å². The second-order valence-electron chi connectivity index (χ2n) is 4.33. The Kier molecular flexibility index (Phi) is 3.42. The highest BCUT2D eigenvalue weighted by Gasteiger charge is 2.17. The summed E-state index contributed by atoms with van der Waals surface area (Å²) < 4.78 is 0. The van der Waals surface area contributed by atoms with E-state index in [1.807, 2.05) is 29.2 Å². The van der Waals surface area contributed by atoms with Crippen LogP contribution in [0.15, 0.2) is 24.3 Å². The normalized spacial score (nSPS) is 15.3. The van der Waals surface area contributed by atoms with E-state index >= 15 is 0 Å². The van der Waals surface area contributed by atoms with Gasteiger partial charge in [0, 0.05) is 25.1 Å². The summed E-state index contributed by atoms with van der Waals surface area (Å²) in [6.07, 6.45) is 3.00. The van der Waals surface area contributed by atoms with Crippen molar-refractivity contribution in [3.8, 4) is 0 Å². The van der Waals surface area contributed by atoms with Gasteiger partial charge in [0.2, 0.25) is 5.91 Å². The van der Waals surface area contributed by atoms with Crippen LogP contribution in [0.2, 0.25) is 0 Å². The average Bonchev–Trinajstić information content (AvgIpc) is 2.73. The van der Waals surface area contributed by atoms with Crippen LogP contribution in [0.4, 0.5) is 5.69 Å². The van der Waals surface area contributed by atoms with Crippen LogP contribution in [0.5, 0.6) is 0 Å². The summed E-state index contributed by atoms with van der Waals surface area (Å²) in [5, 5.41) is 7.80. The molecule has 1 heterocycles. The molecule has 0 saturated carbocycles. The minimum Gasteiger partial charge on any atom is -0.370 e. The van der Waals surface area contributed by atoms with Crippen molar-refractivity contribution < 1.29 is 4.79 Å². The molecule has 4 heteroatoms. The van der Waals surface area contributed by atoms with Gasteiger partial charge in [-0.2, -0.15) is 0 Å². The largest absolute Gasteiger partial charge is 0.370 e. The van der Waals surface area contributed by atoms with Gasteiger partial charge >= 0.3 is 0 Å². The minimum absolute atomic E-state index is 0.268. The van der Waals surface area contributed by atoms with Crippen LogP contribution in [0, 0.1) is 5.41 Å². The van der Waals surface area contributed by atoms with Crippen molar-refractivity contribution in [2.24, 2.45) is 5.73 Å². The zero-order chi connectivity index (χ0) is 12.3. The van der Waals surface area contributed by atoms with Gasteiger partial charge in [0.15, 0.2) is 0 Å². The molecule has 1 fully saturated rings. The summed E-state index contributed by atoms with van der Waals surface area (Å²) >= 11 is 0. The molecule has 1 saturated heterocycles. The predicted octanol–water partition coefficient (Wildman–Crippen LogP) is 1.68. The highest BCUT2D eigenvalue weighted by atomic mass is 16.1. The molecule has 3 N–H and O–H groups in total. The van der Waals surface area contributed by atoms with Gasteiger partial charge in [0.05, 0.1) is 0 Å². The maximum atomic E-state index is 10.7. The molecular formula is C13H17N3O. The second kappa shape index (κ2) is 4.99. The number of hydrogen-bond acceptors (Lipinski definition) is 2. The predicted molar refractivity (Wildman–Crippen MR) is 68.3 cm³/mol. The van der Waals surface area contributed by atoms with E-state index in [0.717, 1.165) is 30.6 Å². The maximum Gasteiger partial charge on any atom is 0.217 e. The zero-order valence-electron chi connectivity index (χ0n) is 9.78. The highest BCUT2D eigenvalue weighted by Crippen LogP contribution is 2.22. The van der Waals surface area contributed by atoms with E-state index in [-0.39, 0.29) is 5.91 Å². The molecule has 1 aromatic rings. The molecule has 0 aliphatic carbocycles.